The Morgan fingerprint density at radius 1 is 0.0725 bits per heavy atom. The van der Waals surface area contributed by atoms with Gasteiger partial charge >= 0.3 is 0 Å². The van der Waals surface area contributed by atoms with Crippen molar-refractivity contribution in [2.24, 2.45) is 0 Å². The van der Waals surface area contributed by atoms with Crippen molar-refractivity contribution in [1.82, 2.24) is 0 Å². The zero-order chi connectivity index (χ0) is 91.4. The van der Waals surface area contributed by atoms with Crippen LogP contribution in [0.4, 0.5) is 0 Å². The first-order chi connectivity index (χ1) is 68.5. The molecule has 27 aromatic rings. The van der Waals surface area contributed by atoms with Gasteiger partial charge in [-0.1, -0.05) is 516 Å². The summed E-state index contributed by atoms with van der Waals surface area (Å²) in [4.78, 5) is 0. The SMILES string of the molecule is c1ccc(-c2ccc3c(-c4c5ccccc5c(-c5ccc(-c6cccc7ccccc67)cc5)c5ccccc45)cccc3c2)cc1.c1ccc(-c2ccc3c(-c4c5ccccc5c(-c5cccc(-c6cccc7ccccc67)c5)c5ccccc45)cccc3c2)cc1.c1ccc(-c2ccc3c(-c4c5ccccc5c(-c5ccccc5-c5ccc6ccccc6c5)c5ccccc45)cccc3c2)cc1. The first-order valence-electron chi connectivity index (χ1n) is 47.8. The molecule has 27 aromatic carbocycles. The molecule has 0 nitrogen and oxygen atoms in total. The van der Waals surface area contributed by atoms with Crippen LogP contribution in [0.3, 0.4) is 0 Å². The van der Waals surface area contributed by atoms with Gasteiger partial charge in [0.2, 0.25) is 0 Å². The molecule has 0 aliphatic rings. The van der Waals surface area contributed by atoms with Crippen LogP contribution in [-0.2, 0) is 0 Å². The van der Waals surface area contributed by atoms with Crippen molar-refractivity contribution in [1.29, 1.82) is 0 Å². The van der Waals surface area contributed by atoms with Crippen LogP contribution >= 0.6 is 0 Å². The normalized spacial score (nSPS) is 11.5. The standard InChI is InChI=1S/3C46H30/c1-2-13-31(14-3-1)33-27-28-39-34(29-33)18-12-26-40(39)46-43-23-8-6-21-41(43)45(42-22-7-9-24-44(42)46)36-19-10-17-35(30-36)38-25-11-16-32-15-4-5-20-37(32)38;1-2-12-31(13-3-1)35-28-29-39-36(30-35)16-11-23-40(39)46-43-20-8-6-18-41(43)45(42-19-7-9-21-44(42)46)34-26-24-33(25-27-34)38-22-10-15-32-14-4-5-17-37(32)38;1-2-13-31(14-3-1)34-27-28-38-35(30-34)17-12-24-40(38)46-43-22-10-8-20-41(43)45(42-21-9-11-23-44(42)46)39-19-7-6-18-37(39)36-26-25-32-15-4-5-16-33(32)29-36/h3*1-30H. The van der Waals surface area contributed by atoms with E-state index < -0.39 is 0 Å². The van der Waals surface area contributed by atoms with E-state index in [1.807, 2.05) is 0 Å². The van der Waals surface area contributed by atoms with Crippen molar-refractivity contribution in [2.75, 3.05) is 0 Å². The number of benzene rings is 27. The molecule has 0 unspecified atom stereocenters. The molecule has 0 aromatic heterocycles. The van der Waals surface area contributed by atoms with Crippen LogP contribution in [0.1, 0.15) is 0 Å². The van der Waals surface area contributed by atoms with Gasteiger partial charge in [0, 0.05) is 0 Å². The molecule has 0 saturated carbocycles. The maximum Gasteiger partial charge on any atom is -0.00201 e. The first-order valence-corrected chi connectivity index (χ1v) is 47.8. The Kier molecular flexibility index (Phi) is 21.1. The second-order valence-electron chi connectivity index (χ2n) is 36.2. The van der Waals surface area contributed by atoms with E-state index in [-0.39, 0.29) is 0 Å². The third-order valence-corrected chi connectivity index (χ3v) is 28.3. The van der Waals surface area contributed by atoms with Crippen molar-refractivity contribution in [2.45, 2.75) is 0 Å². The van der Waals surface area contributed by atoms with Crippen molar-refractivity contribution in [3.8, 4) is 134 Å². The Labute approximate surface area is 802 Å². The highest BCUT2D eigenvalue weighted by Gasteiger charge is 2.25. The molecule has 138 heavy (non-hydrogen) atoms. The Bertz CT molecular complexity index is 9250. The smallest absolute Gasteiger partial charge is 0.00201 e. The van der Waals surface area contributed by atoms with Crippen LogP contribution in [0, 0.1) is 0 Å². The minimum Gasteiger partial charge on any atom is -0.0622 e. The zero-order valence-corrected chi connectivity index (χ0v) is 76.0. The van der Waals surface area contributed by atoms with E-state index in [0.717, 1.165) is 0 Å². The van der Waals surface area contributed by atoms with E-state index in [4.69, 9.17) is 0 Å². The largest absolute Gasteiger partial charge is 0.0622 e. The van der Waals surface area contributed by atoms with E-state index in [1.165, 1.54) is 263 Å². The second-order valence-corrected chi connectivity index (χ2v) is 36.2. The summed E-state index contributed by atoms with van der Waals surface area (Å²) in [6, 6.07) is 200. The Balaban J connectivity index is 0.000000110. The third kappa shape index (κ3) is 14.9. The van der Waals surface area contributed by atoms with Gasteiger partial charge in [0.1, 0.15) is 0 Å². The maximum atomic E-state index is 2.37. The van der Waals surface area contributed by atoms with Gasteiger partial charge in [0.05, 0.1) is 0 Å². The van der Waals surface area contributed by atoms with Crippen LogP contribution in [0.25, 0.3) is 263 Å². The monoisotopic (exact) mass is 1750 g/mol. The molecule has 0 atom stereocenters. The van der Waals surface area contributed by atoms with Crippen molar-refractivity contribution < 1.29 is 0 Å². The Morgan fingerprint density at radius 2 is 0.290 bits per heavy atom. The van der Waals surface area contributed by atoms with Crippen LogP contribution in [0.5, 0.6) is 0 Å². The van der Waals surface area contributed by atoms with Crippen molar-refractivity contribution in [3.05, 3.63) is 546 Å². The predicted molar refractivity (Wildman–Crippen MR) is 595 cm³/mol. The van der Waals surface area contributed by atoms with E-state index >= 15 is 0 Å². The van der Waals surface area contributed by atoms with Crippen LogP contribution in [-0.4, -0.2) is 0 Å². The summed E-state index contributed by atoms with van der Waals surface area (Å²) in [6.07, 6.45) is 0. The fourth-order valence-electron chi connectivity index (χ4n) is 22.0. The summed E-state index contributed by atoms with van der Waals surface area (Å²) < 4.78 is 0. The molecule has 0 fully saturated rings. The molecular formula is C138H90. The van der Waals surface area contributed by atoms with Gasteiger partial charge < -0.3 is 0 Å². The van der Waals surface area contributed by atoms with Gasteiger partial charge in [-0.05, 0) is 293 Å². The molecule has 0 radical (unpaired) electrons. The van der Waals surface area contributed by atoms with Gasteiger partial charge in [0.15, 0.2) is 0 Å². The number of hydrogen-bond donors (Lipinski definition) is 0. The average molecular weight is 1750 g/mol. The fourth-order valence-corrected chi connectivity index (χ4v) is 22.0. The van der Waals surface area contributed by atoms with Gasteiger partial charge in [-0.3, -0.25) is 0 Å². The second kappa shape index (κ2) is 35.5. The minimum absolute atomic E-state index is 1.23. The maximum absolute atomic E-state index is 2.37. The molecule has 0 aliphatic carbocycles. The molecule has 0 aliphatic heterocycles. The molecule has 0 heterocycles. The number of fused-ring (bicyclic) bond motifs is 12. The summed E-state index contributed by atoms with van der Waals surface area (Å²) in [5.74, 6) is 0. The lowest BCUT2D eigenvalue weighted by atomic mass is 9.83. The highest BCUT2D eigenvalue weighted by atomic mass is 14.3. The average Bonchev–Trinajstić information content (AvgIpc) is 0.733. The van der Waals surface area contributed by atoms with E-state index in [0.29, 0.717) is 0 Å². The van der Waals surface area contributed by atoms with E-state index in [2.05, 4.69) is 546 Å². The number of rotatable bonds is 12. The molecule has 0 saturated heterocycles. The fraction of sp³-hybridized carbons (Fsp3) is 0. The summed E-state index contributed by atoms with van der Waals surface area (Å²) in [6.45, 7) is 0. The minimum atomic E-state index is 1.23. The topological polar surface area (TPSA) is 0 Å². The summed E-state index contributed by atoms with van der Waals surface area (Å²) in [5, 5.41) is 30.4. The Hall–Kier alpha value is -17.9. The van der Waals surface area contributed by atoms with Gasteiger partial charge in [-0.2, -0.15) is 0 Å². The van der Waals surface area contributed by atoms with Gasteiger partial charge in [-0.25, -0.2) is 0 Å². The van der Waals surface area contributed by atoms with E-state index in [9.17, 15) is 0 Å². The van der Waals surface area contributed by atoms with Crippen LogP contribution in [0.2, 0.25) is 0 Å². The molecule has 0 spiro atoms. The van der Waals surface area contributed by atoms with Crippen LogP contribution in [0.15, 0.2) is 546 Å². The molecule has 0 N–H and O–H groups in total. The molecule has 0 amide bonds. The molecule has 642 valence electrons. The predicted octanol–water partition coefficient (Wildman–Crippen LogP) is 38.9. The van der Waals surface area contributed by atoms with Gasteiger partial charge in [-0.15, -0.1) is 0 Å². The lowest BCUT2D eigenvalue weighted by Crippen LogP contribution is -1.93. The van der Waals surface area contributed by atoms with Crippen molar-refractivity contribution >= 4 is 129 Å². The third-order valence-electron chi connectivity index (χ3n) is 28.3. The van der Waals surface area contributed by atoms with E-state index in [1.54, 1.807) is 0 Å². The van der Waals surface area contributed by atoms with Crippen LogP contribution < -0.4 is 0 Å². The Morgan fingerprint density at radius 3 is 0.681 bits per heavy atom. The zero-order valence-electron chi connectivity index (χ0n) is 76.0. The summed E-state index contributed by atoms with van der Waals surface area (Å²) >= 11 is 0. The molecule has 0 bridgehead atoms. The lowest BCUT2D eigenvalue weighted by Gasteiger charge is -2.20. The molecular weight excluding hydrogens is 1660 g/mol. The summed E-state index contributed by atoms with van der Waals surface area (Å²) in [5.41, 5.74) is 30.1. The summed E-state index contributed by atoms with van der Waals surface area (Å²) in [7, 11) is 0. The molecule has 27 rings (SSSR count). The quantitative estimate of drug-likeness (QED) is 0.107. The highest BCUT2D eigenvalue weighted by Crippen LogP contribution is 2.52. The first kappa shape index (κ1) is 82.0. The van der Waals surface area contributed by atoms with Crippen molar-refractivity contribution in [3.63, 3.8) is 0 Å². The lowest BCUT2D eigenvalue weighted by molar-refractivity contribution is 1.62. The highest BCUT2D eigenvalue weighted by molar-refractivity contribution is 6.28. The van der Waals surface area contributed by atoms with Gasteiger partial charge in [0.25, 0.3) is 0 Å². The number of hydrogen-bond acceptors (Lipinski definition) is 0. The molecule has 0 heteroatoms.